The molecule has 0 saturated heterocycles. The Labute approximate surface area is 78.0 Å². The molecule has 0 amide bonds. The zero-order chi connectivity index (χ0) is 9.26. The molecule has 0 atom stereocenters. The normalized spacial score (nSPS) is 10.3. The first-order valence-electron chi connectivity index (χ1n) is 4.39. The van der Waals surface area contributed by atoms with Gasteiger partial charge < -0.3 is 4.42 Å². The molecule has 0 aliphatic heterocycles. The van der Waals surface area contributed by atoms with Gasteiger partial charge >= 0.3 is 0 Å². The van der Waals surface area contributed by atoms with Crippen LogP contribution in [-0.2, 0) is 0 Å². The van der Waals surface area contributed by atoms with Crippen LogP contribution in [0.5, 0.6) is 0 Å². The van der Waals surface area contributed by atoms with Gasteiger partial charge in [0.1, 0.15) is 5.76 Å². The Morgan fingerprint density at radius 1 is 1.00 bits per heavy atom. The SMILES string of the molecule is Cc1occ(-c2ccccc2)c1C. The average Bonchev–Trinajstić information content (AvgIpc) is 2.49. The first-order valence-corrected chi connectivity index (χ1v) is 4.39. The molecule has 1 aromatic heterocycles. The molecule has 1 heterocycles. The first-order chi connectivity index (χ1) is 6.29. The lowest BCUT2D eigenvalue weighted by atomic mass is 10.0. The van der Waals surface area contributed by atoms with E-state index in [4.69, 9.17) is 4.42 Å². The molecule has 0 bridgehead atoms. The van der Waals surface area contributed by atoms with Crippen LogP contribution >= 0.6 is 0 Å². The molecule has 1 aromatic carbocycles. The van der Waals surface area contributed by atoms with Crippen molar-refractivity contribution >= 4 is 0 Å². The molecule has 0 spiro atoms. The maximum Gasteiger partial charge on any atom is 0.104 e. The average molecular weight is 172 g/mol. The van der Waals surface area contributed by atoms with Crippen LogP contribution in [0.4, 0.5) is 0 Å². The standard InChI is InChI=1S/C12H12O/c1-9-10(2)13-8-12(9)11-6-4-3-5-7-11/h3-8H,1-2H3. The zero-order valence-corrected chi connectivity index (χ0v) is 7.87. The smallest absolute Gasteiger partial charge is 0.104 e. The van der Waals surface area contributed by atoms with Gasteiger partial charge in [0.15, 0.2) is 0 Å². The summed E-state index contributed by atoms with van der Waals surface area (Å²) >= 11 is 0. The summed E-state index contributed by atoms with van der Waals surface area (Å²) < 4.78 is 5.35. The van der Waals surface area contributed by atoms with E-state index in [2.05, 4.69) is 19.1 Å². The summed E-state index contributed by atoms with van der Waals surface area (Å²) in [7, 11) is 0. The summed E-state index contributed by atoms with van der Waals surface area (Å²) in [6.45, 7) is 4.07. The van der Waals surface area contributed by atoms with Crippen LogP contribution in [0.3, 0.4) is 0 Å². The lowest BCUT2D eigenvalue weighted by Crippen LogP contribution is -1.77. The van der Waals surface area contributed by atoms with Gasteiger partial charge in [0.2, 0.25) is 0 Å². The Kier molecular flexibility index (Phi) is 1.93. The molecule has 1 nitrogen and oxygen atoms in total. The lowest BCUT2D eigenvalue weighted by molar-refractivity contribution is 0.532. The fourth-order valence-electron chi connectivity index (χ4n) is 1.42. The number of hydrogen-bond donors (Lipinski definition) is 0. The summed E-state index contributed by atoms with van der Waals surface area (Å²) in [5.74, 6) is 0.999. The van der Waals surface area contributed by atoms with Crippen molar-refractivity contribution in [1.29, 1.82) is 0 Å². The fraction of sp³-hybridized carbons (Fsp3) is 0.167. The van der Waals surface area contributed by atoms with Crippen LogP contribution in [0.1, 0.15) is 11.3 Å². The van der Waals surface area contributed by atoms with Gasteiger partial charge in [-0.15, -0.1) is 0 Å². The predicted octanol–water partition coefficient (Wildman–Crippen LogP) is 3.56. The molecule has 0 unspecified atom stereocenters. The van der Waals surface area contributed by atoms with Crippen molar-refractivity contribution in [3.05, 3.63) is 47.9 Å². The van der Waals surface area contributed by atoms with Crippen LogP contribution in [0.25, 0.3) is 11.1 Å². The Bertz CT molecular complexity index is 398. The number of benzene rings is 1. The second kappa shape index (κ2) is 3.09. The molecule has 1 heteroatoms. The van der Waals surface area contributed by atoms with E-state index in [-0.39, 0.29) is 0 Å². The molecule has 0 N–H and O–H groups in total. The third-order valence-corrected chi connectivity index (χ3v) is 2.37. The van der Waals surface area contributed by atoms with E-state index < -0.39 is 0 Å². The second-order valence-corrected chi connectivity index (χ2v) is 3.20. The second-order valence-electron chi connectivity index (χ2n) is 3.20. The minimum atomic E-state index is 0.999. The molecule has 2 aromatic rings. The van der Waals surface area contributed by atoms with Crippen LogP contribution in [-0.4, -0.2) is 0 Å². The third kappa shape index (κ3) is 1.37. The van der Waals surface area contributed by atoms with Gasteiger partial charge in [0, 0.05) is 5.56 Å². The fourth-order valence-corrected chi connectivity index (χ4v) is 1.42. The van der Waals surface area contributed by atoms with Crippen molar-refractivity contribution in [3.63, 3.8) is 0 Å². The Balaban J connectivity index is 2.53. The zero-order valence-electron chi connectivity index (χ0n) is 7.87. The van der Waals surface area contributed by atoms with E-state index in [1.54, 1.807) is 0 Å². The molecule has 66 valence electrons. The maximum absolute atomic E-state index is 5.35. The first kappa shape index (κ1) is 8.11. The summed E-state index contributed by atoms with van der Waals surface area (Å²) in [5, 5.41) is 0. The monoisotopic (exact) mass is 172 g/mol. The Hall–Kier alpha value is -1.50. The highest BCUT2D eigenvalue weighted by Gasteiger charge is 2.06. The van der Waals surface area contributed by atoms with Gasteiger partial charge in [0.25, 0.3) is 0 Å². The molecule has 0 aliphatic rings. The van der Waals surface area contributed by atoms with E-state index >= 15 is 0 Å². The molecule has 0 saturated carbocycles. The van der Waals surface area contributed by atoms with Crippen molar-refractivity contribution in [2.24, 2.45) is 0 Å². The highest BCUT2D eigenvalue weighted by molar-refractivity contribution is 5.66. The van der Waals surface area contributed by atoms with Gasteiger partial charge in [0.05, 0.1) is 6.26 Å². The number of furan rings is 1. The van der Waals surface area contributed by atoms with E-state index in [1.165, 1.54) is 16.7 Å². The van der Waals surface area contributed by atoms with Crippen molar-refractivity contribution in [2.75, 3.05) is 0 Å². The van der Waals surface area contributed by atoms with E-state index in [0.29, 0.717) is 0 Å². The van der Waals surface area contributed by atoms with Crippen LogP contribution < -0.4 is 0 Å². The Morgan fingerprint density at radius 2 is 1.69 bits per heavy atom. The highest BCUT2D eigenvalue weighted by Crippen LogP contribution is 2.26. The topological polar surface area (TPSA) is 13.1 Å². The maximum atomic E-state index is 5.35. The molecule has 2 rings (SSSR count). The minimum Gasteiger partial charge on any atom is -0.469 e. The van der Waals surface area contributed by atoms with Gasteiger partial charge in [-0.05, 0) is 25.0 Å². The van der Waals surface area contributed by atoms with Crippen LogP contribution in [0.2, 0.25) is 0 Å². The van der Waals surface area contributed by atoms with Crippen molar-refractivity contribution in [3.8, 4) is 11.1 Å². The number of hydrogen-bond acceptors (Lipinski definition) is 1. The highest BCUT2D eigenvalue weighted by atomic mass is 16.3. The van der Waals surface area contributed by atoms with Gasteiger partial charge in [-0.25, -0.2) is 0 Å². The minimum absolute atomic E-state index is 0.999. The largest absolute Gasteiger partial charge is 0.469 e. The molecular weight excluding hydrogens is 160 g/mol. The van der Waals surface area contributed by atoms with Crippen LogP contribution in [0.15, 0.2) is 41.0 Å². The van der Waals surface area contributed by atoms with E-state index in [9.17, 15) is 0 Å². The summed E-state index contributed by atoms with van der Waals surface area (Å²) in [5.41, 5.74) is 3.64. The number of rotatable bonds is 1. The van der Waals surface area contributed by atoms with Gasteiger partial charge in [-0.3, -0.25) is 0 Å². The molecule has 0 fully saturated rings. The third-order valence-electron chi connectivity index (χ3n) is 2.37. The molecule has 13 heavy (non-hydrogen) atoms. The summed E-state index contributed by atoms with van der Waals surface area (Å²) in [4.78, 5) is 0. The Morgan fingerprint density at radius 3 is 2.23 bits per heavy atom. The van der Waals surface area contributed by atoms with Crippen molar-refractivity contribution in [2.45, 2.75) is 13.8 Å². The summed E-state index contributed by atoms with van der Waals surface area (Å²) in [6, 6.07) is 10.3. The predicted molar refractivity (Wildman–Crippen MR) is 53.6 cm³/mol. The van der Waals surface area contributed by atoms with Crippen LogP contribution in [0, 0.1) is 13.8 Å². The van der Waals surface area contributed by atoms with E-state index in [0.717, 1.165) is 5.76 Å². The van der Waals surface area contributed by atoms with E-state index in [1.807, 2.05) is 31.4 Å². The molecule has 0 radical (unpaired) electrons. The van der Waals surface area contributed by atoms with Gasteiger partial charge in [-0.1, -0.05) is 30.3 Å². The number of aryl methyl sites for hydroxylation is 1. The van der Waals surface area contributed by atoms with Crippen molar-refractivity contribution < 1.29 is 4.42 Å². The molecule has 0 aliphatic carbocycles. The molecular formula is C12H12O. The lowest BCUT2D eigenvalue weighted by Gasteiger charge is -1.97. The summed E-state index contributed by atoms with van der Waals surface area (Å²) in [6.07, 6.45) is 1.82. The van der Waals surface area contributed by atoms with Gasteiger partial charge in [-0.2, -0.15) is 0 Å². The van der Waals surface area contributed by atoms with Crippen molar-refractivity contribution in [1.82, 2.24) is 0 Å². The quantitative estimate of drug-likeness (QED) is 0.641.